The molecule has 0 aromatic carbocycles. The first-order valence-electron chi connectivity index (χ1n) is 6.16. The van der Waals surface area contributed by atoms with E-state index in [0.717, 1.165) is 23.4 Å². The second kappa shape index (κ2) is 5.61. The Kier molecular flexibility index (Phi) is 4.11. The van der Waals surface area contributed by atoms with Crippen molar-refractivity contribution in [3.05, 3.63) is 24.2 Å². The quantitative estimate of drug-likeness (QED) is 0.831. The Balaban J connectivity index is 2.29. The highest BCUT2D eigenvalue weighted by Crippen LogP contribution is 2.21. The van der Waals surface area contributed by atoms with E-state index >= 15 is 0 Å². The van der Waals surface area contributed by atoms with Crippen LogP contribution < -0.4 is 4.90 Å². The molecule has 5 heteroatoms. The predicted molar refractivity (Wildman–Crippen MR) is 78.6 cm³/mol. The van der Waals surface area contributed by atoms with Gasteiger partial charge in [0.1, 0.15) is 5.52 Å². The molecule has 0 bridgehead atoms. The summed E-state index contributed by atoms with van der Waals surface area (Å²) in [6.07, 6.45) is 7.01. The molecule has 0 amide bonds. The third-order valence-corrected chi connectivity index (χ3v) is 3.87. The number of rotatable bonds is 5. The summed E-state index contributed by atoms with van der Waals surface area (Å²) in [5.41, 5.74) is 2.10. The Labute approximate surface area is 112 Å². The Morgan fingerprint density at radius 3 is 3.00 bits per heavy atom. The molecule has 2 aromatic heterocycles. The summed E-state index contributed by atoms with van der Waals surface area (Å²) in [6.45, 7) is 4.25. The summed E-state index contributed by atoms with van der Waals surface area (Å²) in [6, 6.07) is 2.56. The number of hydrogen-bond acceptors (Lipinski definition) is 4. The third-order valence-electron chi connectivity index (χ3n) is 3.23. The minimum atomic E-state index is 0.478. The van der Waals surface area contributed by atoms with Gasteiger partial charge in [-0.25, -0.2) is 9.50 Å². The van der Waals surface area contributed by atoms with Crippen molar-refractivity contribution in [1.82, 2.24) is 14.6 Å². The molecule has 0 spiro atoms. The molecule has 0 fully saturated rings. The average Bonchev–Trinajstić information content (AvgIpc) is 2.74. The van der Waals surface area contributed by atoms with Gasteiger partial charge in [-0.3, -0.25) is 0 Å². The largest absolute Gasteiger partial charge is 0.355 e. The molecule has 0 saturated carbocycles. The molecule has 0 aliphatic rings. The highest BCUT2D eigenvalue weighted by molar-refractivity contribution is 7.98. The van der Waals surface area contributed by atoms with Crippen molar-refractivity contribution in [3.63, 3.8) is 0 Å². The van der Waals surface area contributed by atoms with Gasteiger partial charge in [-0.15, -0.1) is 0 Å². The van der Waals surface area contributed by atoms with E-state index in [1.54, 1.807) is 0 Å². The zero-order chi connectivity index (χ0) is 13.1. The average molecular weight is 264 g/mol. The first kappa shape index (κ1) is 13.2. The van der Waals surface area contributed by atoms with E-state index in [9.17, 15) is 0 Å². The van der Waals surface area contributed by atoms with Crippen molar-refractivity contribution in [2.45, 2.75) is 26.3 Å². The summed E-state index contributed by atoms with van der Waals surface area (Å²) < 4.78 is 1.90. The second-order valence-corrected chi connectivity index (χ2v) is 5.59. The molecule has 0 aliphatic heterocycles. The van der Waals surface area contributed by atoms with E-state index in [2.05, 4.69) is 41.3 Å². The molecule has 1 atom stereocenters. The van der Waals surface area contributed by atoms with Crippen molar-refractivity contribution < 1.29 is 0 Å². The number of fused-ring (bicyclic) bond motifs is 1. The number of hydrogen-bond donors (Lipinski definition) is 0. The fourth-order valence-electron chi connectivity index (χ4n) is 1.99. The molecule has 2 rings (SSSR count). The number of thioether (sulfide) groups is 1. The van der Waals surface area contributed by atoms with E-state index in [1.807, 2.05) is 35.6 Å². The van der Waals surface area contributed by atoms with Crippen LogP contribution in [0.5, 0.6) is 0 Å². The van der Waals surface area contributed by atoms with Crippen LogP contribution in [-0.4, -0.2) is 39.7 Å². The van der Waals surface area contributed by atoms with Gasteiger partial charge in [0.05, 0.1) is 5.69 Å². The van der Waals surface area contributed by atoms with Crippen LogP contribution >= 0.6 is 11.8 Å². The van der Waals surface area contributed by atoms with Gasteiger partial charge in [0.25, 0.3) is 0 Å². The molecule has 0 saturated heterocycles. The minimum absolute atomic E-state index is 0.478. The Hall–Kier alpha value is -1.23. The Morgan fingerprint density at radius 2 is 2.28 bits per heavy atom. The van der Waals surface area contributed by atoms with Gasteiger partial charge >= 0.3 is 0 Å². The van der Waals surface area contributed by atoms with Crippen LogP contribution in [0.15, 0.2) is 18.5 Å². The van der Waals surface area contributed by atoms with Crippen molar-refractivity contribution in [1.29, 1.82) is 0 Å². The number of anilines is 1. The van der Waals surface area contributed by atoms with Gasteiger partial charge in [0.2, 0.25) is 0 Å². The van der Waals surface area contributed by atoms with Crippen molar-refractivity contribution >= 4 is 23.1 Å². The molecule has 18 heavy (non-hydrogen) atoms. The van der Waals surface area contributed by atoms with Crippen LogP contribution in [0, 0.1) is 6.92 Å². The fraction of sp³-hybridized carbons (Fsp3) is 0.538. The lowest BCUT2D eigenvalue weighted by Crippen LogP contribution is -2.30. The van der Waals surface area contributed by atoms with E-state index in [4.69, 9.17) is 0 Å². The van der Waals surface area contributed by atoms with Gasteiger partial charge in [0, 0.05) is 25.5 Å². The highest BCUT2D eigenvalue weighted by Gasteiger charge is 2.14. The van der Waals surface area contributed by atoms with E-state index < -0.39 is 0 Å². The minimum Gasteiger partial charge on any atom is -0.355 e. The van der Waals surface area contributed by atoms with Crippen molar-refractivity contribution in [2.75, 3.05) is 24.0 Å². The van der Waals surface area contributed by atoms with E-state index in [0.29, 0.717) is 6.04 Å². The predicted octanol–water partition coefficient (Wildman–Crippen LogP) is 2.62. The van der Waals surface area contributed by atoms with Gasteiger partial charge in [-0.1, -0.05) is 0 Å². The molecule has 2 aromatic rings. The summed E-state index contributed by atoms with van der Waals surface area (Å²) in [5, 5.41) is 4.42. The number of aromatic nitrogens is 3. The van der Waals surface area contributed by atoms with Crippen LogP contribution in [0.4, 0.5) is 5.82 Å². The molecule has 0 radical (unpaired) electrons. The molecule has 4 nitrogen and oxygen atoms in total. The molecule has 1 unspecified atom stereocenters. The van der Waals surface area contributed by atoms with Crippen LogP contribution in [-0.2, 0) is 0 Å². The molecule has 0 aliphatic carbocycles. The number of nitrogens with zero attached hydrogens (tertiary/aromatic N) is 4. The third kappa shape index (κ3) is 2.61. The monoisotopic (exact) mass is 264 g/mol. The SMILES string of the molecule is CSCCC(C)N(C)c1nccn2nc(C)cc12. The van der Waals surface area contributed by atoms with Gasteiger partial charge in [-0.2, -0.15) is 16.9 Å². The summed E-state index contributed by atoms with van der Waals surface area (Å²) in [5.74, 6) is 2.18. The summed E-state index contributed by atoms with van der Waals surface area (Å²) in [7, 11) is 2.11. The zero-order valence-corrected chi connectivity index (χ0v) is 12.2. The van der Waals surface area contributed by atoms with Crippen LogP contribution in [0.2, 0.25) is 0 Å². The van der Waals surface area contributed by atoms with Gasteiger partial charge in [-0.05, 0) is 38.3 Å². The van der Waals surface area contributed by atoms with Crippen LogP contribution in [0.1, 0.15) is 19.0 Å². The first-order chi connectivity index (χ1) is 8.63. The molecule has 2 heterocycles. The highest BCUT2D eigenvalue weighted by atomic mass is 32.2. The van der Waals surface area contributed by atoms with Crippen LogP contribution in [0.3, 0.4) is 0 Å². The lowest BCUT2D eigenvalue weighted by molar-refractivity contribution is 0.662. The van der Waals surface area contributed by atoms with E-state index in [-0.39, 0.29) is 0 Å². The second-order valence-electron chi connectivity index (χ2n) is 4.61. The number of aryl methyl sites for hydroxylation is 1. The molecule has 0 N–H and O–H groups in total. The topological polar surface area (TPSA) is 33.4 Å². The Bertz CT molecular complexity index is 523. The lowest BCUT2D eigenvalue weighted by atomic mass is 10.2. The first-order valence-corrected chi connectivity index (χ1v) is 7.55. The smallest absolute Gasteiger partial charge is 0.154 e. The fourth-order valence-corrected chi connectivity index (χ4v) is 2.57. The zero-order valence-electron chi connectivity index (χ0n) is 11.4. The molecule has 98 valence electrons. The maximum absolute atomic E-state index is 4.51. The van der Waals surface area contributed by atoms with Gasteiger partial charge < -0.3 is 4.90 Å². The Morgan fingerprint density at radius 1 is 1.50 bits per heavy atom. The lowest BCUT2D eigenvalue weighted by Gasteiger charge is -2.26. The summed E-state index contributed by atoms with van der Waals surface area (Å²) in [4.78, 5) is 6.75. The maximum atomic E-state index is 4.51. The normalized spacial score (nSPS) is 12.9. The molecular weight excluding hydrogens is 244 g/mol. The standard InChI is InChI=1S/C13H20N4S/c1-10-9-12-13(14-6-7-17(12)15-10)16(3)11(2)5-8-18-4/h6-7,9,11H,5,8H2,1-4H3. The maximum Gasteiger partial charge on any atom is 0.154 e. The van der Waals surface area contributed by atoms with Crippen molar-refractivity contribution in [3.8, 4) is 0 Å². The van der Waals surface area contributed by atoms with Crippen LogP contribution in [0.25, 0.3) is 5.52 Å². The van der Waals surface area contributed by atoms with Gasteiger partial charge in [0.15, 0.2) is 5.82 Å². The summed E-state index contributed by atoms with van der Waals surface area (Å²) >= 11 is 1.89. The molecular formula is C13H20N4S. The van der Waals surface area contributed by atoms with E-state index in [1.165, 1.54) is 5.75 Å². The van der Waals surface area contributed by atoms with Crippen molar-refractivity contribution in [2.24, 2.45) is 0 Å².